The first-order valence-electron chi connectivity index (χ1n) is 13.9. The topological polar surface area (TPSA) is 78.9 Å². The van der Waals surface area contributed by atoms with Crippen LogP contribution >= 0.6 is 0 Å². The number of aliphatic carboxylic acids is 1. The van der Waals surface area contributed by atoms with Gasteiger partial charge in [-0.25, -0.2) is 4.79 Å². The molecule has 0 aromatic heterocycles. The van der Waals surface area contributed by atoms with Crippen molar-refractivity contribution in [1.82, 2.24) is 10.2 Å². The minimum absolute atomic E-state index is 0.00440. The summed E-state index contributed by atoms with van der Waals surface area (Å²) < 4.78 is 47.0. The number of methoxy groups -OCH3 is 1. The highest BCUT2D eigenvalue weighted by Crippen LogP contribution is 2.49. The number of alkyl halides is 3. The lowest BCUT2D eigenvalue weighted by molar-refractivity contribution is -0.154. The molecule has 2 N–H and O–H groups in total. The maximum Gasteiger partial charge on any atom is 0.416 e. The first kappa shape index (κ1) is 29.9. The van der Waals surface area contributed by atoms with E-state index in [4.69, 9.17) is 4.74 Å². The van der Waals surface area contributed by atoms with Gasteiger partial charge in [0, 0.05) is 24.4 Å². The second kappa shape index (κ2) is 11.8. The molecule has 2 aliphatic rings. The first-order valence-corrected chi connectivity index (χ1v) is 13.9. The van der Waals surface area contributed by atoms with Crippen LogP contribution in [0.1, 0.15) is 75.6 Å². The second-order valence-electron chi connectivity index (χ2n) is 12.0. The summed E-state index contributed by atoms with van der Waals surface area (Å²) in [7, 11) is 1.39. The largest absolute Gasteiger partial charge is 0.497 e. The summed E-state index contributed by atoms with van der Waals surface area (Å²) in [6.07, 6.45) is -0.282. The molecule has 0 bridgehead atoms. The molecule has 4 unspecified atom stereocenters. The van der Waals surface area contributed by atoms with Crippen LogP contribution in [0.3, 0.4) is 0 Å². The van der Waals surface area contributed by atoms with Gasteiger partial charge in [-0.15, -0.1) is 0 Å². The molecule has 4 rings (SSSR count). The lowest BCUT2D eigenvalue weighted by Gasteiger charge is -2.36. The molecule has 1 amide bonds. The van der Waals surface area contributed by atoms with E-state index in [1.165, 1.54) is 24.1 Å². The molecule has 40 heavy (non-hydrogen) atoms. The van der Waals surface area contributed by atoms with Crippen molar-refractivity contribution < 1.29 is 32.6 Å². The number of hydrogen-bond donors (Lipinski definition) is 2. The number of likely N-dealkylation sites (tertiary alicyclic amines) is 1. The molecule has 0 radical (unpaired) electrons. The highest BCUT2D eigenvalue weighted by atomic mass is 19.4. The van der Waals surface area contributed by atoms with Gasteiger partial charge in [0.1, 0.15) is 11.8 Å². The number of carboxylic acid groups (broad SMARTS) is 1. The molecule has 2 fully saturated rings. The number of nitrogens with one attached hydrogen (secondary N) is 1. The Bertz CT molecular complexity index is 1190. The van der Waals surface area contributed by atoms with E-state index in [-0.39, 0.29) is 23.9 Å². The van der Waals surface area contributed by atoms with Crippen LogP contribution in [-0.2, 0) is 22.3 Å². The zero-order valence-corrected chi connectivity index (χ0v) is 23.5. The van der Waals surface area contributed by atoms with Crippen molar-refractivity contribution in [3.63, 3.8) is 0 Å². The van der Waals surface area contributed by atoms with Crippen molar-refractivity contribution in [3.8, 4) is 5.75 Å². The number of amides is 1. The van der Waals surface area contributed by atoms with E-state index in [1.54, 1.807) is 0 Å². The SMILES string of the molecule is COc1ccc(C(F)(F)F)c(CNC2C(c3ccccc3)N(C(=O)C3CCCCC3)C(C(=O)O)C2C(C)(C)C)c1. The number of ether oxygens (including phenoxy) is 1. The Labute approximate surface area is 233 Å². The second-order valence-corrected chi connectivity index (χ2v) is 12.0. The summed E-state index contributed by atoms with van der Waals surface area (Å²) in [5.41, 5.74) is -0.622. The molecule has 1 aliphatic carbocycles. The highest BCUT2D eigenvalue weighted by molar-refractivity contribution is 5.87. The van der Waals surface area contributed by atoms with Gasteiger partial charge in [-0.3, -0.25) is 4.79 Å². The molecule has 0 spiro atoms. The molecule has 218 valence electrons. The normalized spacial score (nSPS) is 24.2. The predicted molar refractivity (Wildman–Crippen MR) is 146 cm³/mol. The predicted octanol–water partition coefficient (Wildman–Crippen LogP) is 6.45. The molecule has 1 heterocycles. The lowest BCUT2D eigenvalue weighted by atomic mass is 9.72. The van der Waals surface area contributed by atoms with Gasteiger partial charge in [0.05, 0.1) is 18.7 Å². The van der Waals surface area contributed by atoms with Gasteiger partial charge in [-0.05, 0) is 47.6 Å². The number of benzene rings is 2. The fraction of sp³-hybridized carbons (Fsp3) is 0.548. The Kier molecular flexibility index (Phi) is 8.83. The van der Waals surface area contributed by atoms with Crippen molar-refractivity contribution in [2.45, 2.75) is 83.7 Å². The number of carbonyl (C=O) groups is 2. The van der Waals surface area contributed by atoms with Crippen LogP contribution in [0.25, 0.3) is 0 Å². The number of carboxylic acids is 1. The molecule has 9 heteroatoms. The third kappa shape index (κ3) is 6.14. The van der Waals surface area contributed by atoms with E-state index in [2.05, 4.69) is 5.32 Å². The summed E-state index contributed by atoms with van der Waals surface area (Å²) in [5, 5.41) is 13.9. The van der Waals surface area contributed by atoms with Gasteiger partial charge in [-0.2, -0.15) is 13.2 Å². The van der Waals surface area contributed by atoms with Crippen molar-refractivity contribution in [3.05, 3.63) is 65.2 Å². The first-order chi connectivity index (χ1) is 18.8. The maximum absolute atomic E-state index is 14.1. The summed E-state index contributed by atoms with van der Waals surface area (Å²) in [5.74, 6) is -1.84. The Balaban J connectivity index is 1.82. The van der Waals surface area contributed by atoms with E-state index < -0.39 is 47.2 Å². The quantitative estimate of drug-likeness (QED) is 0.407. The van der Waals surface area contributed by atoms with E-state index in [0.717, 1.165) is 30.9 Å². The minimum atomic E-state index is -4.58. The smallest absolute Gasteiger partial charge is 0.416 e. The minimum Gasteiger partial charge on any atom is -0.497 e. The number of carbonyl (C=O) groups excluding carboxylic acids is 1. The Morgan fingerprint density at radius 3 is 2.23 bits per heavy atom. The van der Waals surface area contributed by atoms with Crippen LogP contribution in [0.2, 0.25) is 0 Å². The summed E-state index contributed by atoms with van der Waals surface area (Å²) in [6.45, 7) is 5.59. The van der Waals surface area contributed by atoms with Gasteiger partial charge in [0.25, 0.3) is 0 Å². The van der Waals surface area contributed by atoms with Crippen molar-refractivity contribution >= 4 is 11.9 Å². The van der Waals surface area contributed by atoms with Crippen LogP contribution in [0.15, 0.2) is 48.5 Å². The van der Waals surface area contributed by atoms with Crippen LogP contribution in [0.4, 0.5) is 13.2 Å². The van der Waals surface area contributed by atoms with E-state index in [0.29, 0.717) is 18.6 Å². The van der Waals surface area contributed by atoms with Crippen LogP contribution in [-0.4, -0.2) is 41.1 Å². The Hall–Kier alpha value is -3.07. The summed E-state index contributed by atoms with van der Waals surface area (Å²) >= 11 is 0. The zero-order chi connectivity index (χ0) is 29.2. The standard InChI is InChI=1S/C31H39F3N2O4/c1-30(2,3)24-25(35-18-21-17-22(40-4)15-16-23(21)31(32,33)34)26(19-11-7-5-8-12-19)36(27(24)29(38)39)28(37)20-13-9-6-10-14-20/h5,7-8,11-12,15-17,20,24-27,35H,6,9-10,13-14,18H2,1-4H3,(H,38,39). The monoisotopic (exact) mass is 560 g/mol. The lowest BCUT2D eigenvalue weighted by Crippen LogP contribution is -2.49. The van der Waals surface area contributed by atoms with E-state index >= 15 is 0 Å². The van der Waals surface area contributed by atoms with Crippen LogP contribution < -0.4 is 10.1 Å². The fourth-order valence-electron chi connectivity index (χ4n) is 6.64. The van der Waals surface area contributed by atoms with Crippen molar-refractivity contribution in [2.75, 3.05) is 7.11 Å². The average molecular weight is 561 g/mol. The third-order valence-corrected chi connectivity index (χ3v) is 8.42. The van der Waals surface area contributed by atoms with E-state index in [1.807, 2.05) is 51.1 Å². The molecule has 1 saturated heterocycles. The Morgan fingerprint density at radius 2 is 1.68 bits per heavy atom. The molecular formula is C31H39F3N2O4. The van der Waals surface area contributed by atoms with Crippen LogP contribution in [0, 0.1) is 17.3 Å². The number of rotatable bonds is 7. The Morgan fingerprint density at radius 1 is 1.02 bits per heavy atom. The summed E-state index contributed by atoms with van der Waals surface area (Å²) in [4.78, 5) is 28.6. The summed E-state index contributed by atoms with van der Waals surface area (Å²) in [6, 6.07) is 10.4. The molecule has 1 aliphatic heterocycles. The van der Waals surface area contributed by atoms with Crippen molar-refractivity contribution in [2.24, 2.45) is 17.3 Å². The zero-order valence-electron chi connectivity index (χ0n) is 23.5. The molecule has 2 aromatic rings. The van der Waals surface area contributed by atoms with E-state index in [9.17, 15) is 27.9 Å². The fourth-order valence-corrected chi connectivity index (χ4v) is 6.64. The van der Waals surface area contributed by atoms with Crippen molar-refractivity contribution in [1.29, 1.82) is 0 Å². The molecule has 4 atom stereocenters. The number of hydrogen-bond acceptors (Lipinski definition) is 4. The number of halogens is 3. The van der Waals surface area contributed by atoms with Gasteiger partial charge >= 0.3 is 12.1 Å². The molecule has 2 aromatic carbocycles. The van der Waals surface area contributed by atoms with Gasteiger partial charge in [0.15, 0.2) is 0 Å². The average Bonchev–Trinajstić information content (AvgIpc) is 3.28. The molecule has 1 saturated carbocycles. The molecule has 6 nitrogen and oxygen atoms in total. The third-order valence-electron chi connectivity index (χ3n) is 8.42. The van der Waals surface area contributed by atoms with Gasteiger partial charge in [0.2, 0.25) is 5.91 Å². The number of nitrogens with zero attached hydrogens (tertiary/aromatic N) is 1. The van der Waals surface area contributed by atoms with Gasteiger partial charge in [-0.1, -0.05) is 70.4 Å². The highest BCUT2D eigenvalue weighted by Gasteiger charge is 2.58. The maximum atomic E-state index is 14.1. The van der Waals surface area contributed by atoms with Crippen LogP contribution in [0.5, 0.6) is 5.75 Å². The molecular weight excluding hydrogens is 521 g/mol. The van der Waals surface area contributed by atoms with Gasteiger partial charge < -0.3 is 20.1 Å².